The van der Waals surface area contributed by atoms with E-state index in [-0.39, 0.29) is 0 Å². The van der Waals surface area contributed by atoms with Gasteiger partial charge >= 0.3 is 0 Å². The van der Waals surface area contributed by atoms with Crippen LogP contribution in [0.3, 0.4) is 0 Å². The zero-order chi connectivity index (χ0) is 14.5. The molecule has 0 bridgehead atoms. The number of nitrogens with zero attached hydrogens (tertiary/aromatic N) is 3. The van der Waals surface area contributed by atoms with Crippen LogP contribution in [0.5, 0.6) is 5.75 Å². The molecule has 0 spiro atoms. The normalized spacial score (nSPS) is 11.1. The van der Waals surface area contributed by atoms with Crippen LogP contribution in [0.2, 0.25) is 0 Å². The van der Waals surface area contributed by atoms with Crippen LogP contribution >= 0.6 is 0 Å². The van der Waals surface area contributed by atoms with Gasteiger partial charge in [0.25, 0.3) is 0 Å². The van der Waals surface area contributed by atoms with Gasteiger partial charge in [0.1, 0.15) is 18.7 Å². The second kappa shape index (κ2) is 6.52. The number of benzene rings is 1. The van der Waals surface area contributed by atoms with Crippen LogP contribution in [0, 0.1) is 6.92 Å². The summed E-state index contributed by atoms with van der Waals surface area (Å²) < 4.78 is 7.75. The first-order valence-electron chi connectivity index (χ1n) is 6.85. The highest BCUT2D eigenvalue weighted by Crippen LogP contribution is 2.21. The number of hydrogen-bond donors (Lipinski definition) is 1. The first kappa shape index (κ1) is 14.5. The number of rotatable bonds is 6. The number of aryl methyl sites for hydroxylation is 2. The summed E-state index contributed by atoms with van der Waals surface area (Å²) >= 11 is 0. The summed E-state index contributed by atoms with van der Waals surface area (Å²) in [7, 11) is 1.91. The predicted molar refractivity (Wildman–Crippen MR) is 78.5 cm³/mol. The lowest BCUT2D eigenvalue weighted by Gasteiger charge is -2.14. The minimum Gasteiger partial charge on any atom is -0.485 e. The zero-order valence-corrected chi connectivity index (χ0v) is 12.6. The summed E-state index contributed by atoms with van der Waals surface area (Å²) in [5.41, 5.74) is 2.40. The molecule has 0 radical (unpaired) electrons. The molecule has 2 aromatic rings. The molecule has 5 heteroatoms. The first-order chi connectivity index (χ1) is 9.56. The molecule has 5 nitrogen and oxygen atoms in total. The lowest BCUT2D eigenvalue weighted by Crippen LogP contribution is -2.22. The highest BCUT2D eigenvalue weighted by Gasteiger charge is 2.07. The molecule has 1 aromatic carbocycles. The third-order valence-electron chi connectivity index (χ3n) is 3.08. The van der Waals surface area contributed by atoms with Crippen LogP contribution in [0.25, 0.3) is 0 Å². The predicted octanol–water partition coefficient (Wildman–Crippen LogP) is 2.20. The van der Waals surface area contributed by atoms with E-state index >= 15 is 0 Å². The molecule has 108 valence electrons. The first-order valence-corrected chi connectivity index (χ1v) is 6.85. The molecule has 0 aliphatic heterocycles. The number of aromatic nitrogens is 3. The molecule has 0 amide bonds. The number of hydrogen-bond acceptors (Lipinski definition) is 4. The average molecular weight is 274 g/mol. The average Bonchev–Trinajstić information content (AvgIpc) is 2.81. The molecule has 0 saturated carbocycles. The molecule has 20 heavy (non-hydrogen) atoms. The Labute approximate surface area is 120 Å². The van der Waals surface area contributed by atoms with E-state index in [9.17, 15) is 0 Å². The standard InChI is InChI=1S/C15H22N4O/c1-11(2)16-8-13-7-12(3)5-6-14(13)20-9-15-18-17-10-19(15)4/h5-7,10-11,16H,8-9H2,1-4H3. The van der Waals surface area contributed by atoms with Gasteiger partial charge in [-0.1, -0.05) is 31.5 Å². The van der Waals surface area contributed by atoms with Gasteiger partial charge in [0, 0.05) is 25.2 Å². The molecule has 0 aliphatic carbocycles. The highest BCUT2D eigenvalue weighted by molar-refractivity contribution is 5.36. The van der Waals surface area contributed by atoms with E-state index < -0.39 is 0 Å². The van der Waals surface area contributed by atoms with Crippen molar-refractivity contribution in [2.75, 3.05) is 0 Å². The minimum atomic E-state index is 0.425. The zero-order valence-electron chi connectivity index (χ0n) is 12.6. The molecule has 1 N–H and O–H groups in total. The third-order valence-corrected chi connectivity index (χ3v) is 3.08. The van der Waals surface area contributed by atoms with Gasteiger partial charge in [-0.3, -0.25) is 0 Å². The Morgan fingerprint density at radius 2 is 2.15 bits per heavy atom. The Kier molecular flexibility index (Phi) is 4.74. The van der Waals surface area contributed by atoms with Crippen molar-refractivity contribution in [3.63, 3.8) is 0 Å². The van der Waals surface area contributed by atoms with E-state index in [1.54, 1.807) is 6.33 Å². The summed E-state index contributed by atoms with van der Waals surface area (Å²) in [4.78, 5) is 0. The van der Waals surface area contributed by atoms with E-state index in [2.05, 4.69) is 48.4 Å². The van der Waals surface area contributed by atoms with Crippen LogP contribution in [-0.2, 0) is 20.2 Å². The Hall–Kier alpha value is -1.88. The molecule has 0 unspecified atom stereocenters. The Morgan fingerprint density at radius 3 is 2.80 bits per heavy atom. The van der Waals surface area contributed by atoms with E-state index in [1.807, 2.05) is 17.7 Å². The van der Waals surface area contributed by atoms with Gasteiger partial charge in [-0.25, -0.2) is 0 Å². The molecule has 0 aliphatic rings. The van der Waals surface area contributed by atoms with Crippen molar-refractivity contribution in [3.8, 4) is 5.75 Å². The van der Waals surface area contributed by atoms with E-state index in [1.165, 1.54) is 11.1 Å². The van der Waals surface area contributed by atoms with Crippen molar-refractivity contribution in [2.24, 2.45) is 7.05 Å². The van der Waals surface area contributed by atoms with Crippen LogP contribution in [-0.4, -0.2) is 20.8 Å². The van der Waals surface area contributed by atoms with Gasteiger partial charge in [-0.15, -0.1) is 10.2 Å². The molecular weight excluding hydrogens is 252 g/mol. The number of nitrogens with one attached hydrogen (secondary N) is 1. The second-order valence-corrected chi connectivity index (χ2v) is 5.29. The highest BCUT2D eigenvalue weighted by atomic mass is 16.5. The molecule has 0 atom stereocenters. The van der Waals surface area contributed by atoms with Gasteiger partial charge in [0.2, 0.25) is 0 Å². The van der Waals surface area contributed by atoms with Crippen LogP contribution < -0.4 is 10.1 Å². The SMILES string of the molecule is Cc1ccc(OCc2nncn2C)c(CNC(C)C)c1. The molecule has 0 saturated heterocycles. The van der Waals surface area contributed by atoms with Crippen molar-refractivity contribution in [1.29, 1.82) is 0 Å². The van der Waals surface area contributed by atoms with Crippen molar-refractivity contribution < 1.29 is 4.74 Å². The van der Waals surface area contributed by atoms with Crippen LogP contribution in [0.4, 0.5) is 0 Å². The Morgan fingerprint density at radius 1 is 1.35 bits per heavy atom. The summed E-state index contributed by atoms with van der Waals surface area (Å²) in [5, 5.41) is 11.3. The fourth-order valence-electron chi connectivity index (χ4n) is 1.88. The molecule has 1 aromatic heterocycles. The van der Waals surface area contributed by atoms with Crippen molar-refractivity contribution in [3.05, 3.63) is 41.5 Å². The van der Waals surface area contributed by atoms with Gasteiger partial charge in [0.05, 0.1) is 0 Å². The van der Waals surface area contributed by atoms with Gasteiger partial charge in [-0.2, -0.15) is 0 Å². The van der Waals surface area contributed by atoms with Gasteiger partial charge in [-0.05, 0) is 13.0 Å². The van der Waals surface area contributed by atoms with E-state index in [0.717, 1.165) is 18.1 Å². The van der Waals surface area contributed by atoms with E-state index in [0.29, 0.717) is 12.6 Å². The molecule has 2 rings (SSSR count). The van der Waals surface area contributed by atoms with E-state index in [4.69, 9.17) is 4.74 Å². The molecule has 1 heterocycles. The van der Waals surface area contributed by atoms with Crippen LogP contribution in [0.15, 0.2) is 24.5 Å². The summed E-state index contributed by atoms with van der Waals surface area (Å²) in [6.45, 7) is 7.58. The lowest BCUT2D eigenvalue weighted by atomic mass is 10.1. The van der Waals surface area contributed by atoms with Crippen molar-refractivity contribution >= 4 is 0 Å². The quantitative estimate of drug-likeness (QED) is 0.877. The Balaban J connectivity index is 2.08. The number of ether oxygens (including phenoxy) is 1. The third kappa shape index (κ3) is 3.81. The Bertz CT molecular complexity index is 563. The molecular formula is C15H22N4O. The maximum Gasteiger partial charge on any atom is 0.170 e. The maximum atomic E-state index is 5.89. The van der Waals surface area contributed by atoms with Crippen molar-refractivity contribution in [1.82, 2.24) is 20.1 Å². The minimum absolute atomic E-state index is 0.425. The smallest absolute Gasteiger partial charge is 0.170 e. The monoisotopic (exact) mass is 274 g/mol. The van der Waals surface area contributed by atoms with Gasteiger partial charge in [0.15, 0.2) is 5.82 Å². The fourth-order valence-corrected chi connectivity index (χ4v) is 1.88. The van der Waals surface area contributed by atoms with Gasteiger partial charge < -0.3 is 14.6 Å². The topological polar surface area (TPSA) is 52.0 Å². The van der Waals surface area contributed by atoms with Crippen LogP contribution in [0.1, 0.15) is 30.8 Å². The second-order valence-electron chi connectivity index (χ2n) is 5.29. The summed E-state index contributed by atoms with van der Waals surface area (Å²) in [6, 6.07) is 6.68. The molecule has 0 fully saturated rings. The summed E-state index contributed by atoms with van der Waals surface area (Å²) in [6.07, 6.45) is 1.68. The largest absolute Gasteiger partial charge is 0.485 e. The summed E-state index contributed by atoms with van der Waals surface area (Å²) in [5.74, 6) is 1.71. The fraction of sp³-hybridized carbons (Fsp3) is 0.467. The van der Waals surface area contributed by atoms with Crippen molar-refractivity contribution in [2.45, 2.75) is 40.0 Å². The maximum absolute atomic E-state index is 5.89. The lowest BCUT2D eigenvalue weighted by molar-refractivity contribution is 0.287.